The van der Waals surface area contributed by atoms with Crippen LogP contribution in [-0.2, 0) is 6.42 Å². The fourth-order valence-corrected chi connectivity index (χ4v) is 4.57. The number of rotatable bonds is 10. The van der Waals surface area contributed by atoms with Crippen molar-refractivity contribution in [1.29, 1.82) is 0 Å². The summed E-state index contributed by atoms with van der Waals surface area (Å²) < 4.78 is 18.0. The van der Waals surface area contributed by atoms with Gasteiger partial charge in [0.25, 0.3) is 0 Å². The predicted molar refractivity (Wildman–Crippen MR) is 138 cm³/mol. The van der Waals surface area contributed by atoms with E-state index < -0.39 is 0 Å². The fraction of sp³-hybridized carbons (Fsp3) is 0.462. The van der Waals surface area contributed by atoms with Gasteiger partial charge < -0.3 is 19.5 Å². The molecule has 34 heavy (non-hydrogen) atoms. The molecule has 0 bridgehead atoms. The number of hydrogen-bond acceptors (Lipinski definition) is 5. The second kappa shape index (κ2) is 13.2. The van der Waals surface area contributed by atoms with Gasteiger partial charge in [-0.3, -0.25) is 0 Å². The smallest absolute Gasteiger partial charge is 0.335 e. The van der Waals surface area contributed by atoms with Crippen molar-refractivity contribution in [3.63, 3.8) is 0 Å². The molecule has 2 amide bonds. The van der Waals surface area contributed by atoms with Gasteiger partial charge in [-0.1, -0.05) is 32.3 Å². The summed E-state index contributed by atoms with van der Waals surface area (Å²) >= 11 is 3.54. The molecule has 1 aliphatic carbocycles. The van der Waals surface area contributed by atoms with Gasteiger partial charge in [0.1, 0.15) is 19.0 Å². The van der Waals surface area contributed by atoms with Crippen LogP contribution in [-0.4, -0.2) is 38.6 Å². The molecular weight excluding hydrogens is 498 g/mol. The highest BCUT2D eigenvalue weighted by Gasteiger charge is 2.15. The summed E-state index contributed by atoms with van der Waals surface area (Å²) in [5.74, 6) is 1.99. The van der Waals surface area contributed by atoms with E-state index in [0.29, 0.717) is 24.7 Å². The number of carbonyl (C=O) groups is 1. The fourth-order valence-electron chi connectivity index (χ4n) is 4.00. The second-order valence-corrected chi connectivity index (χ2v) is 9.27. The van der Waals surface area contributed by atoms with E-state index >= 15 is 0 Å². The molecule has 0 saturated heterocycles. The predicted octanol–water partition coefficient (Wildman–Crippen LogP) is 5.75. The van der Waals surface area contributed by atoms with Crippen molar-refractivity contribution in [2.24, 2.45) is 5.10 Å². The molecule has 1 fully saturated rings. The van der Waals surface area contributed by atoms with Crippen LogP contribution in [0.2, 0.25) is 0 Å². The van der Waals surface area contributed by atoms with Crippen LogP contribution in [0.4, 0.5) is 4.79 Å². The highest BCUT2D eigenvalue weighted by Crippen LogP contribution is 2.36. The normalized spacial score (nSPS) is 14.1. The highest BCUT2D eigenvalue weighted by molar-refractivity contribution is 9.10. The van der Waals surface area contributed by atoms with Gasteiger partial charge >= 0.3 is 6.03 Å². The summed E-state index contributed by atoms with van der Waals surface area (Å²) in [6.07, 6.45) is 8.16. The first kappa shape index (κ1) is 25.9. The third-order valence-electron chi connectivity index (χ3n) is 5.69. The minimum Gasteiger partial charge on any atom is -0.493 e. The number of methoxy groups -OCH3 is 1. The van der Waals surface area contributed by atoms with Crippen LogP contribution in [0.25, 0.3) is 0 Å². The van der Waals surface area contributed by atoms with Crippen LogP contribution in [0.5, 0.6) is 17.2 Å². The van der Waals surface area contributed by atoms with Crippen LogP contribution in [0.15, 0.2) is 39.9 Å². The van der Waals surface area contributed by atoms with Crippen LogP contribution in [0, 0.1) is 6.92 Å². The van der Waals surface area contributed by atoms with E-state index in [-0.39, 0.29) is 12.1 Å². The largest absolute Gasteiger partial charge is 0.493 e. The van der Waals surface area contributed by atoms with E-state index in [1.165, 1.54) is 17.5 Å². The van der Waals surface area contributed by atoms with E-state index in [1.54, 1.807) is 19.4 Å². The Morgan fingerprint density at radius 3 is 2.62 bits per heavy atom. The lowest BCUT2D eigenvalue weighted by atomic mass is 9.96. The molecule has 0 heterocycles. The molecule has 0 aromatic heterocycles. The number of hydrazone groups is 1. The Morgan fingerprint density at radius 2 is 1.88 bits per heavy atom. The Balaban J connectivity index is 1.52. The van der Waals surface area contributed by atoms with Gasteiger partial charge in [-0.05, 0) is 83.1 Å². The van der Waals surface area contributed by atoms with Gasteiger partial charge in [0.15, 0.2) is 11.5 Å². The minimum absolute atomic E-state index is 0.234. The van der Waals surface area contributed by atoms with E-state index in [9.17, 15) is 4.79 Å². The maximum atomic E-state index is 12.0. The van der Waals surface area contributed by atoms with Crippen LogP contribution < -0.4 is 25.0 Å². The van der Waals surface area contributed by atoms with Gasteiger partial charge in [-0.15, -0.1) is 0 Å². The molecule has 0 atom stereocenters. The molecule has 184 valence electrons. The molecule has 7 nitrogen and oxygen atoms in total. The number of nitrogens with zero attached hydrogens (tertiary/aromatic N) is 1. The Kier molecular flexibility index (Phi) is 10.1. The molecule has 2 N–H and O–H groups in total. The zero-order chi connectivity index (χ0) is 24.3. The van der Waals surface area contributed by atoms with Crippen LogP contribution >= 0.6 is 15.9 Å². The zero-order valence-corrected chi connectivity index (χ0v) is 21.7. The second-order valence-electron chi connectivity index (χ2n) is 8.42. The molecule has 2 aromatic rings. The summed E-state index contributed by atoms with van der Waals surface area (Å²) in [6.45, 7) is 4.96. The molecular formula is C26H34BrN3O4. The van der Waals surface area contributed by atoms with Crippen molar-refractivity contribution < 1.29 is 19.0 Å². The number of benzene rings is 2. The first-order valence-electron chi connectivity index (χ1n) is 11.8. The van der Waals surface area contributed by atoms with Gasteiger partial charge in [0, 0.05) is 6.04 Å². The summed E-state index contributed by atoms with van der Waals surface area (Å²) in [4.78, 5) is 12.0. The Hall–Kier alpha value is -2.74. The average Bonchev–Trinajstić information content (AvgIpc) is 2.82. The maximum absolute atomic E-state index is 12.0. The number of carbonyl (C=O) groups excluding carboxylic acids is 1. The van der Waals surface area contributed by atoms with E-state index in [2.05, 4.69) is 57.8 Å². The lowest BCUT2D eigenvalue weighted by Crippen LogP contribution is -2.41. The molecule has 1 saturated carbocycles. The summed E-state index contributed by atoms with van der Waals surface area (Å²) in [5, 5.41) is 7.03. The molecule has 0 radical (unpaired) electrons. The first-order valence-corrected chi connectivity index (χ1v) is 12.6. The lowest BCUT2D eigenvalue weighted by molar-refractivity contribution is 0.210. The van der Waals surface area contributed by atoms with Crippen LogP contribution in [0.3, 0.4) is 0 Å². The highest BCUT2D eigenvalue weighted by atomic mass is 79.9. The van der Waals surface area contributed by atoms with E-state index in [4.69, 9.17) is 14.2 Å². The number of urea groups is 1. The maximum Gasteiger partial charge on any atom is 0.335 e. The molecule has 1 aliphatic rings. The number of aryl methyl sites for hydroxylation is 2. The number of halogens is 1. The van der Waals surface area contributed by atoms with E-state index in [0.717, 1.165) is 47.9 Å². The topological polar surface area (TPSA) is 81.2 Å². The van der Waals surface area contributed by atoms with Crippen molar-refractivity contribution in [2.75, 3.05) is 20.3 Å². The third-order valence-corrected chi connectivity index (χ3v) is 6.28. The average molecular weight is 532 g/mol. The summed E-state index contributed by atoms with van der Waals surface area (Å²) in [5.41, 5.74) is 5.72. The van der Waals surface area contributed by atoms with Crippen LogP contribution in [0.1, 0.15) is 55.7 Å². The molecule has 3 rings (SSSR count). The number of ether oxygens (including phenoxy) is 3. The van der Waals surface area contributed by atoms with Crippen molar-refractivity contribution in [3.8, 4) is 17.2 Å². The van der Waals surface area contributed by atoms with Crippen molar-refractivity contribution in [3.05, 3.63) is 51.5 Å². The SMILES string of the molecule is CCc1cc(C)cc(OCCOc2c(Br)cc(/C=N\NC(=O)NC3CCCCC3)cc2OC)c1. The molecule has 8 heteroatoms. The Morgan fingerprint density at radius 1 is 1.12 bits per heavy atom. The monoisotopic (exact) mass is 531 g/mol. The van der Waals surface area contributed by atoms with Crippen molar-refractivity contribution in [1.82, 2.24) is 10.7 Å². The summed E-state index contributed by atoms with van der Waals surface area (Å²) in [6, 6.07) is 9.85. The third kappa shape index (κ3) is 7.94. The first-order chi connectivity index (χ1) is 16.5. The van der Waals surface area contributed by atoms with E-state index in [1.807, 2.05) is 12.1 Å². The summed E-state index contributed by atoms with van der Waals surface area (Å²) in [7, 11) is 1.58. The molecule has 0 spiro atoms. The lowest BCUT2D eigenvalue weighted by Gasteiger charge is -2.22. The molecule has 0 aliphatic heterocycles. The quantitative estimate of drug-likeness (QED) is 0.232. The Labute approximate surface area is 210 Å². The van der Waals surface area contributed by atoms with Gasteiger partial charge in [0.2, 0.25) is 0 Å². The number of amides is 2. The number of hydrogen-bond donors (Lipinski definition) is 2. The molecule has 0 unspecified atom stereocenters. The van der Waals surface area contributed by atoms with Crippen molar-refractivity contribution >= 4 is 28.2 Å². The Bertz CT molecular complexity index is 990. The molecule has 2 aromatic carbocycles. The zero-order valence-electron chi connectivity index (χ0n) is 20.2. The van der Waals surface area contributed by atoms with Gasteiger partial charge in [-0.25, -0.2) is 10.2 Å². The number of nitrogens with one attached hydrogen (secondary N) is 2. The van der Waals surface area contributed by atoms with Gasteiger partial charge in [0.05, 0.1) is 17.8 Å². The van der Waals surface area contributed by atoms with Gasteiger partial charge in [-0.2, -0.15) is 5.10 Å². The standard InChI is InChI=1S/C26H34BrN3O4/c1-4-19-12-18(2)13-22(14-19)33-10-11-34-25-23(27)15-20(16-24(25)32-3)17-28-30-26(31)29-21-8-6-5-7-9-21/h12-17,21H,4-11H2,1-3H3,(H2,29,30,31)/b28-17-. The van der Waals surface area contributed by atoms with Crippen molar-refractivity contribution in [2.45, 2.75) is 58.4 Å². The minimum atomic E-state index is -0.284.